The second kappa shape index (κ2) is 6.28. The lowest BCUT2D eigenvalue weighted by atomic mass is 10.0. The van der Waals surface area contributed by atoms with E-state index in [-0.39, 0.29) is 23.3 Å². The van der Waals surface area contributed by atoms with Crippen molar-refractivity contribution in [1.82, 2.24) is 10.5 Å². The standard InChI is InChI=1S/C15H17ClN2O3/c1-8(2)17-15(20)12-13(18-21-14(12)9(3)19)10-4-6-11(16)7-5-10/h4-9,19H,1-3H3,(H,17,20). The summed E-state index contributed by atoms with van der Waals surface area (Å²) >= 11 is 5.86. The van der Waals surface area contributed by atoms with Crippen molar-refractivity contribution in [2.75, 3.05) is 0 Å². The molecule has 21 heavy (non-hydrogen) atoms. The average Bonchev–Trinajstić information content (AvgIpc) is 2.83. The number of aliphatic hydroxyl groups is 1. The highest BCUT2D eigenvalue weighted by molar-refractivity contribution is 6.30. The van der Waals surface area contributed by atoms with Gasteiger partial charge < -0.3 is 14.9 Å². The lowest BCUT2D eigenvalue weighted by Crippen LogP contribution is -2.31. The first-order valence-electron chi connectivity index (χ1n) is 6.64. The fraction of sp³-hybridized carbons (Fsp3) is 0.333. The van der Waals surface area contributed by atoms with Gasteiger partial charge in [0, 0.05) is 16.6 Å². The number of nitrogens with zero attached hydrogens (tertiary/aromatic N) is 1. The van der Waals surface area contributed by atoms with Crippen LogP contribution in [0.5, 0.6) is 0 Å². The average molecular weight is 309 g/mol. The maximum absolute atomic E-state index is 12.4. The van der Waals surface area contributed by atoms with Crippen LogP contribution in [0.25, 0.3) is 11.3 Å². The lowest BCUT2D eigenvalue weighted by Gasteiger charge is -2.10. The van der Waals surface area contributed by atoms with Crippen molar-refractivity contribution < 1.29 is 14.4 Å². The van der Waals surface area contributed by atoms with Crippen LogP contribution >= 0.6 is 11.6 Å². The van der Waals surface area contributed by atoms with Gasteiger partial charge in [-0.3, -0.25) is 4.79 Å². The molecule has 0 fully saturated rings. The molecule has 1 unspecified atom stereocenters. The molecule has 0 aliphatic carbocycles. The van der Waals surface area contributed by atoms with E-state index in [4.69, 9.17) is 16.1 Å². The Labute approximate surface area is 127 Å². The van der Waals surface area contributed by atoms with Crippen molar-refractivity contribution >= 4 is 17.5 Å². The SMILES string of the molecule is CC(C)NC(=O)c1c(-c2ccc(Cl)cc2)noc1C(C)O. The van der Waals surface area contributed by atoms with E-state index in [9.17, 15) is 9.90 Å². The molecular formula is C15H17ClN2O3. The second-order valence-corrected chi connectivity index (χ2v) is 5.52. The van der Waals surface area contributed by atoms with E-state index in [1.807, 2.05) is 13.8 Å². The Hall–Kier alpha value is -1.85. The summed E-state index contributed by atoms with van der Waals surface area (Å²) in [6.45, 7) is 5.24. The monoisotopic (exact) mass is 308 g/mol. The molecule has 0 spiro atoms. The van der Waals surface area contributed by atoms with Crippen LogP contribution in [0.1, 0.15) is 43.0 Å². The Bertz CT molecular complexity index is 633. The van der Waals surface area contributed by atoms with Crippen LogP contribution in [-0.4, -0.2) is 22.2 Å². The number of carbonyl (C=O) groups is 1. The number of aromatic nitrogens is 1. The Balaban J connectivity index is 2.51. The second-order valence-electron chi connectivity index (χ2n) is 5.08. The minimum atomic E-state index is -0.925. The first-order valence-corrected chi connectivity index (χ1v) is 7.02. The largest absolute Gasteiger partial charge is 0.385 e. The number of rotatable bonds is 4. The zero-order valence-electron chi connectivity index (χ0n) is 12.1. The summed E-state index contributed by atoms with van der Waals surface area (Å²) < 4.78 is 5.15. The van der Waals surface area contributed by atoms with Crippen LogP contribution in [0.4, 0.5) is 0 Å². The highest BCUT2D eigenvalue weighted by Crippen LogP contribution is 2.29. The fourth-order valence-electron chi connectivity index (χ4n) is 1.95. The predicted octanol–water partition coefficient (Wildman–Crippen LogP) is 3.19. The van der Waals surface area contributed by atoms with E-state index < -0.39 is 6.10 Å². The van der Waals surface area contributed by atoms with Gasteiger partial charge in [-0.25, -0.2) is 0 Å². The van der Waals surface area contributed by atoms with Crippen molar-refractivity contribution in [3.8, 4) is 11.3 Å². The molecule has 0 saturated heterocycles. The highest BCUT2D eigenvalue weighted by atomic mass is 35.5. The molecule has 1 atom stereocenters. The van der Waals surface area contributed by atoms with E-state index in [1.165, 1.54) is 6.92 Å². The summed E-state index contributed by atoms with van der Waals surface area (Å²) in [7, 11) is 0. The van der Waals surface area contributed by atoms with Crippen molar-refractivity contribution in [2.45, 2.75) is 32.9 Å². The summed E-state index contributed by atoms with van der Waals surface area (Å²) in [6.07, 6.45) is -0.925. The molecule has 0 radical (unpaired) electrons. The normalized spacial score (nSPS) is 12.5. The number of nitrogens with one attached hydrogen (secondary N) is 1. The number of amides is 1. The first kappa shape index (κ1) is 15.5. The summed E-state index contributed by atoms with van der Waals surface area (Å²) in [4.78, 5) is 12.4. The smallest absolute Gasteiger partial charge is 0.257 e. The Morgan fingerprint density at radius 2 is 1.90 bits per heavy atom. The predicted molar refractivity (Wildman–Crippen MR) is 80.2 cm³/mol. The van der Waals surface area contributed by atoms with Gasteiger partial charge in [0.25, 0.3) is 5.91 Å². The van der Waals surface area contributed by atoms with Crippen molar-refractivity contribution in [3.05, 3.63) is 40.6 Å². The molecule has 0 bridgehead atoms. The van der Waals surface area contributed by atoms with Crippen molar-refractivity contribution in [1.29, 1.82) is 0 Å². The molecule has 1 aromatic heterocycles. The Morgan fingerprint density at radius 3 is 2.43 bits per heavy atom. The molecule has 1 amide bonds. The third kappa shape index (κ3) is 3.43. The van der Waals surface area contributed by atoms with Gasteiger partial charge >= 0.3 is 0 Å². The molecular weight excluding hydrogens is 292 g/mol. The summed E-state index contributed by atoms with van der Waals surface area (Å²) in [5, 5.41) is 17.1. The maximum atomic E-state index is 12.4. The summed E-state index contributed by atoms with van der Waals surface area (Å²) in [5.41, 5.74) is 1.34. The number of carbonyl (C=O) groups excluding carboxylic acids is 1. The van der Waals surface area contributed by atoms with E-state index in [0.29, 0.717) is 16.3 Å². The quantitative estimate of drug-likeness (QED) is 0.909. The molecule has 5 nitrogen and oxygen atoms in total. The third-order valence-electron chi connectivity index (χ3n) is 2.86. The highest BCUT2D eigenvalue weighted by Gasteiger charge is 2.26. The number of benzene rings is 1. The minimum Gasteiger partial charge on any atom is -0.385 e. The van der Waals surface area contributed by atoms with Gasteiger partial charge in [-0.15, -0.1) is 0 Å². The topological polar surface area (TPSA) is 75.4 Å². The van der Waals surface area contributed by atoms with Gasteiger partial charge in [0.05, 0.1) is 0 Å². The van der Waals surface area contributed by atoms with Crippen LogP contribution in [0.15, 0.2) is 28.8 Å². The molecule has 0 aliphatic heterocycles. The number of hydrogen-bond acceptors (Lipinski definition) is 4. The Morgan fingerprint density at radius 1 is 1.29 bits per heavy atom. The summed E-state index contributed by atoms with van der Waals surface area (Å²) in [5.74, 6) is -0.176. The van der Waals surface area contributed by atoms with Crippen LogP contribution < -0.4 is 5.32 Å². The van der Waals surface area contributed by atoms with E-state index >= 15 is 0 Å². The van der Waals surface area contributed by atoms with Crippen LogP contribution in [0.3, 0.4) is 0 Å². The van der Waals surface area contributed by atoms with Gasteiger partial charge in [-0.1, -0.05) is 28.9 Å². The lowest BCUT2D eigenvalue weighted by molar-refractivity contribution is 0.0930. The summed E-state index contributed by atoms with van der Waals surface area (Å²) in [6, 6.07) is 6.87. The number of hydrogen-bond donors (Lipinski definition) is 2. The molecule has 1 aromatic carbocycles. The molecule has 112 valence electrons. The van der Waals surface area contributed by atoms with Crippen LogP contribution in [0, 0.1) is 0 Å². The van der Waals surface area contributed by atoms with E-state index in [1.54, 1.807) is 24.3 Å². The van der Waals surface area contributed by atoms with Crippen molar-refractivity contribution in [3.63, 3.8) is 0 Å². The van der Waals surface area contributed by atoms with Crippen molar-refractivity contribution in [2.24, 2.45) is 0 Å². The number of halogens is 1. The van der Waals surface area contributed by atoms with E-state index in [2.05, 4.69) is 10.5 Å². The van der Waals surface area contributed by atoms with Crippen LogP contribution in [-0.2, 0) is 0 Å². The molecule has 2 rings (SSSR count). The van der Waals surface area contributed by atoms with Crippen LogP contribution in [0.2, 0.25) is 5.02 Å². The van der Waals surface area contributed by atoms with E-state index in [0.717, 1.165) is 0 Å². The molecule has 2 aromatic rings. The third-order valence-corrected chi connectivity index (χ3v) is 3.11. The molecule has 0 aliphatic rings. The molecule has 1 heterocycles. The Kier molecular flexibility index (Phi) is 4.65. The molecule has 6 heteroatoms. The van der Waals surface area contributed by atoms with Gasteiger partial charge in [0.15, 0.2) is 5.76 Å². The maximum Gasteiger partial charge on any atom is 0.257 e. The number of aliphatic hydroxyl groups excluding tert-OH is 1. The van der Waals surface area contributed by atoms with Gasteiger partial charge in [0.1, 0.15) is 17.4 Å². The van der Waals surface area contributed by atoms with Gasteiger partial charge in [0.2, 0.25) is 0 Å². The molecule has 2 N–H and O–H groups in total. The zero-order chi connectivity index (χ0) is 15.6. The molecule has 0 saturated carbocycles. The first-order chi connectivity index (χ1) is 9.90. The zero-order valence-corrected chi connectivity index (χ0v) is 12.8. The minimum absolute atomic E-state index is 0.0349. The fourth-order valence-corrected chi connectivity index (χ4v) is 2.07. The van der Waals surface area contributed by atoms with Gasteiger partial charge in [-0.2, -0.15) is 0 Å². The van der Waals surface area contributed by atoms with Gasteiger partial charge in [-0.05, 0) is 32.9 Å².